The van der Waals surface area contributed by atoms with Crippen molar-refractivity contribution in [1.29, 1.82) is 0 Å². The average Bonchev–Trinajstić information content (AvgIpc) is 4.39. The molecule has 2 aromatic heterocycles. The summed E-state index contributed by atoms with van der Waals surface area (Å²) in [5, 5.41) is 37.5. The Balaban J connectivity index is 0.000000211. The van der Waals surface area contributed by atoms with Crippen molar-refractivity contribution < 1.29 is 38.8 Å². The fourth-order valence-corrected chi connectivity index (χ4v) is 11.5. The topological polar surface area (TPSA) is 261 Å². The van der Waals surface area contributed by atoms with Crippen molar-refractivity contribution in [3.05, 3.63) is 70.8 Å². The molecule has 0 bridgehead atoms. The summed E-state index contributed by atoms with van der Waals surface area (Å²) in [6.07, 6.45) is 19.2. The highest BCUT2D eigenvalue weighted by Gasteiger charge is 2.33. The van der Waals surface area contributed by atoms with Gasteiger partial charge in [0.15, 0.2) is 0 Å². The number of phenolic OH excluding ortho intramolecular Hbond substituents is 2. The van der Waals surface area contributed by atoms with Crippen LogP contribution in [0.5, 0.6) is 23.0 Å². The quantitative estimate of drug-likeness (QED) is 0.0506. The van der Waals surface area contributed by atoms with E-state index in [-0.39, 0.29) is 78.3 Å². The number of anilines is 2. The summed E-state index contributed by atoms with van der Waals surface area (Å²) < 4.78 is 17.9. The molecular formula is C61H87ClN10O8. The Hall–Kier alpha value is -6.40. The van der Waals surface area contributed by atoms with Gasteiger partial charge in [-0.2, -0.15) is 0 Å². The molecule has 2 atom stereocenters. The van der Waals surface area contributed by atoms with Crippen LogP contribution in [0.1, 0.15) is 170 Å². The third kappa shape index (κ3) is 16.6. The zero-order valence-electron chi connectivity index (χ0n) is 47.2. The van der Waals surface area contributed by atoms with E-state index < -0.39 is 5.60 Å². The smallest absolute Gasteiger partial charge is 0.410 e. The lowest BCUT2D eigenvalue weighted by Gasteiger charge is -2.35. The summed E-state index contributed by atoms with van der Waals surface area (Å²) in [6.45, 7) is 10.2. The van der Waals surface area contributed by atoms with E-state index >= 15 is 0 Å². The molecule has 4 aromatic rings. The third-order valence-electron chi connectivity index (χ3n) is 16.2. The minimum atomic E-state index is -0.596. The van der Waals surface area contributed by atoms with Crippen LogP contribution in [-0.2, 0) is 17.8 Å². The van der Waals surface area contributed by atoms with E-state index in [0.717, 1.165) is 112 Å². The van der Waals surface area contributed by atoms with E-state index in [0.29, 0.717) is 84.5 Å². The third-order valence-corrected chi connectivity index (χ3v) is 16.2. The van der Waals surface area contributed by atoms with E-state index in [1.54, 1.807) is 29.2 Å². The van der Waals surface area contributed by atoms with E-state index in [2.05, 4.69) is 26.6 Å². The van der Waals surface area contributed by atoms with E-state index in [1.807, 2.05) is 45.0 Å². The first-order valence-corrected chi connectivity index (χ1v) is 29.4. The van der Waals surface area contributed by atoms with Crippen LogP contribution in [0.25, 0.3) is 22.5 Å². The highest BCUT2D eigenvalue weighted by Crippen LogP contribution is 2.44. The molecule has 4 aliphatic carbocycles. The summed E-state index contributed by atoms with van der Waals surface area (Å²) in [4.78, 5) is 49.7. The number of halogens is 1. The fourth-order valence-electron chi connectivity index (χ4n) is 11.5. The highest BCUT2D eigenvalue weighted by molar-refractivity contribution is 5.85. The average molecular weight is 1120 g/mol. The number of piperidine rings is 2. The first-order chi connectivity index (χ1) is 38.2. The number of nitrogen functional groups attached to an aromatic ring is 2. The molecule has 2 unspecified atom stereocenters. The number of phenols is 2. The van der Waals surface area contributed by atoms with Gasteiger partial charge in [0.25, 0.3) is 0 Å². The van der Waals surface area contributed by atoms with Crippen LogP contribution in [-0.4, -0.2) is 100 Å². The molecule has 0 spiro atoms. The number of ether oxygens (including phenoxy) is 3. The molecule has 4 saturated carbocycles. The maximum atomic E-state index is 13.0. The molecule has 5 amide bonds. The summed E-state index contributed by atoms with van der Waals surface area (Å²) >= 11 is 0. The molecule has 6 fully saturated rings. The number of aromatic nitrogens is 2. The number of nitrogens with zero attached hydrogens (tertiary/aromatic N) is 3. The number of likely N-dealkylation sites (tertiary alicyclic amines) is 1. The van der Waals surface area contributed by atoms with E-state index in [9.17, 15) is 24.6 Å². The predicted molar refractivity (Wildman–Crippen MR) is 314 cm³/mol. The van der Waals surface area contributed by atoms with Crippen LogP contribution in [0, 0.1) is 11.8 Å². The molecule has 2 aliphatic heterocycles. The minimum absolute atomic E-state index is 0. The van der Waals surface area contributed by atoms with Crippen molar-refractivity contribution in [3.63, 3.8) is 0 Å². The number of carbonyl (C=O) groups is 3. The summed E-state index contributed by atoms with van der Waals surface area (Å²) in [7, 11) is 0. The number of amides is 5. The standard InChI is InChI=1S/C33H47N5O5.C28H39N5O3.ClH/c1-33(2,3)43-32(41)38-16-8-9-22(19-38)24-17-26(29-27(39)12-7-13-28(29)42-20-21-14-15-21)37-30(34)25(24)18-35-31(40)36-23-10-5-4-6-11-23;29-27-22(16-31-28(35)32-20-7-2-1-3-8-20)21(19-6-5-13-30-15-19)14-23(33-27)26-24(34)9-4-10-25(26)36-17-18-11-12-18;/h7,12-13,17,21-23,39H,4-6,8-11,14-16,18-20H2,1-3H3,(H2,34,37)(H2,35,36,40);4,9-10,14,18-20,30,34H,1-3,5-8,11-13,15-17H2,(H2,29,33)(H2,31,32,35);1H. The van der Waals surface area contributed by atoms with Crippen LogP contribution in [0.2, 0.25) is 0 Å². The van der Waals surface area contributed by atoms with Gasteiger partial charge >= 0.3 is 18.2 Å². The highest BCUT2D eigenvalue weighted by atomic mass is 35.5. The number of rotatable bonds is 16. The second kappa shape index (κ2) is 27.9. The van der Waals surface area contributed by atoms with E-state index in [1.165, 1.54) is 38.5 Å². The number of urea groups is 2. The van der Waals surface area contributed by atoms with Gasteiger partial charge in [0.05, 0.1) is 35.7 Å². The lowest BCUT2D eigenvalue weighted by Crippen LogP contribution is -2.43. The van der Waals surface area contributed by atoms with Gasteiger partial charge < -0.3 is 67.4 Å². The zero-order valence-corrected chi connectivity index (χ0v) is 48.0. The Morgan fingerprint density at radius 2 is 1.12 bits per heavy atom. The number of nitrogens with one attached hydrogen (secondary N) is 5. The number of hydrogen-bond acceptors (Lipinski definition) is 13. The molecule has 4 heterocycles. The number of hydrogen-bond donors (Lipinski definition) is 9. The molecular weight excluding hydrogens is 1040 g/mol. The van der Waals surface area contributed by atoms with Crippen LogP contribution >= 0.6 is 12.4 Å². The van der Waals surface area contributed by atoms with Crippen molar-refractivity contribution in [2.24, 2.45) is 11.8 Å². The van der Waals surface area contributed by atoms with Crippen molar-refractivity contribution in [3.8, 4) is 45.5 Å². The van der Waals surface area contributed by atoms with Crippen LogP contribution in [0.3, 0.4) is 0 Å². The number of pyridine rings is 2. The second-order valence-electron chi connectivity index (χ2n) is 23.9. The number of aromatic hydroxyl groups is 2. The van der Waals surface area contributed by atoms with Gasteiger partial charge in [0, 0.05) is 61.9 Å². The van der Waals surface area contributed by atoms with Crippen molar-refractivity contribution in [2.75, 3.05) is 50.9 Å². The molecule has 11 N–H and O–H groups in total. The van der Waals surface area contributed by atoms with Crippen LogP contribution in [0.15, 0.2) is 48.5 Å². The molecule has 6 aliphatic rings. The lowest BCUT2D eigenvalue weighted by atomic mass is 9.86. The first kappa shape index (κ1) is 59.7. The maximum absolute atomic E-state index is 13.0. The summed E-state index contributed by atoms with van der Waals surface area (Å²) in [5.74, 6) is 3.34. The maximum Gasteiger partial charge on any atom is 0.410 e. The summed E-state index contributed by atoms with van der Waals surface area (Å²) in [5.41, 5.74) is 18.3. The van der Waals surface area contributed by atoms with Gasteiger partial charge in [0.2, 0.25) is 0 Å². The number of benzene rings is 2. The molecule has 2 aromatic carbocycles. The minimum Gasteiger partial charge on any atom is -0.507 e. The molecule has 0 radical (unpaired) electrons. The summed E-state index contributed by atoms with van der Waals surface area (Å²) in [6, 6.07) is 14.6. The molecule has 436 valence electrons. The molecule has 2 saturated heterocycles. The number of carbonyl (C=O) groups excluding carboxylic acids is 3. The van der Waals surface area contributed by atoms with E-state index in [4.69, 9.17) is 35.6 Å². The fraction of sp³-hybridized carbons (Fsp3) is 0.590. The number of nitrogens with two attached hydrogens (primary N) is 2. The second-order valence-corrected chi connectivity index (χ2v) is 23.9. The molecule has 18 nitrogen and oxygen atoms in total. The van der Waals surface area contributed by atoms with Gasteiger partial charge in [0.1, 0.15) is 40.2 Å². The van der Waals surface area contributed by atoms with Gasteiger partial charge in [-0.15, -0.1) is 12.4 Å². The van der Waals surface area contributed by atoms with Crippen LogP contribution in [0.4, 0.5) is 26.0 Å². The first-order valence-electron chi connectivity index (χ1n) is 29.4. The van der Waals surface area contributed by atoms with Gasteiger partial charge in [-0.1, -0.05) is 50.7 Å². The monoisotopic (exact) mass is 1120 g/mol. The Morgan fingerprint density at radius 3 is 1.57 bits per heavy atom. The molecule has 19 heteroatoms. The van der Waals surface area contributed by atoms with Gasteiger partial charge in [-0.3, -0.25) is 0 Å². The SMILES string of the molecule is CC(C)(C)OC(=O)N1CCCC(c2cc(-c3c(O)cccc3OCC3CC3)nc(N)c2CNC(=O)NC2CCCCC2)C1.Cl.Nc1nc(-c2c(O)cccc2OCC2CC2)cc(C2CCCNC2)c1CNC(=O)NC1CCCCC1. The lowest BCUT2D eigenvalue weighted by molar-refractivity contribution is 0.0198. The largest absolute Gasteiger partial charge is 0.507 e. The van der Waals surface area contributed by atoms with Crippen molar-refractivity contribution in [2.45, 2.75) is 179 Å². The predicted octanol–water partition coefficient (Wildman–Crippen LogP) is 10.9. The Labute approximate surface area is 478 Å². The van der Waals surface area contributed by atoms with Crippen molar-refractivity contribution in [1.82, 2.24) is 41.5 Å². The van der Waals surface area contributed by atoms with Gasteiger partial charge in [-0.25, -0.2) is 24.4 Å². The van der Waals surface area contributed by atoms with Crippen LogP contribution < -0.4 is 47.5 Å². The normalized spacial score (nSPS) is 19.8. The van der Waals surface area contributed by atoms with Gasteiger partial charge in [-0.05, 0) is 170 Å². The zero-order chi connectivity index (χ0) is 55.5. The Morgan fingerprint density at radius 1 is 0.650 bits per heavy atom. The Kier molecular flexibility index (Phi) is 20.8. The molecule has 10 rings (SSSR count). The molecule has 80 heavy (non-hydrogen) atoms. The van der Waals surface area contributed by atoms with Crippen molar-refractivity contribution >= 4 is 42.2 Å². The Bertz CT molecular complexity index is 2730.